The number of hydrogen-bond donors (Lipinski definition) is 0. The molecule has 0 saturated carbocycles. The van der Waals surface area contributed by atoms with E-state index in [2.05, 4.69) is 77.8 Å². The molecule has 0 aliphatic rings. The van der Waals surface area contributed by atoms with Crippen LogP contribution in [-0.4, -0.2) is 4.98 Å². The number of rotatable bonds is 1. The molecule has 3 heterocycles. The highest BCUT2D eigenvalue weighted by Crippen LogP contribution is 2.45. The molecule has 0 spiro atoms. The molecule has 0 aliphatic carbocycles. The van der Waals surface area contributed by atoms with Crippen LogP contribution in [0.1, 0.15) is 0 Å². The first-order chi connectivity index (χ1) is 16.8. The van der Waals surface area contributed by atoms with Gasteiger partial charge >= 0.3 is 0 Å². The SMILES string of the molecule is c1cncc(-c2cc3cc4oc5ccccc5c4cc3c3c2ccc2c4ccccc4sc23)c1. The van der Waals surface area contributed by atoms with Crippen molar-refractivity contribution in [1.29, 1.82) is 0 Å². The molecule has 158 valence electrons. The van der Waals surface area contributed by atoms with Gasteiger partial charge < -0.3 is 4.42 Å². The van der Waals surface area contributed by atoms with Crippen LogP contribution in [0.15, 0.2) is 108 Å². The third-order valence-corrected chi connectivity index (χ3v) is 8.13. The van der Waals surface area contributed by atoms with Crippen molar-refractivity contribution >= 4 is 75.0 Å². The van der Waals surface area contributed by atoms with Crippen molar-refractivity contribution in [2.24, 2.45) is 0 Å². The summed E-state index contributed by atoms with van der Waals surface area (Å²) in [7, 11) is 0. The molecule has 0 atom stereocenters. The van der Waals surface area contributed by atoms with E-state index in [1.54, 1.807) is 0 Å². The Morgan fingerprint density at radius 1 is 0.618 bits per heavy atom. The first-order valence-corrected chi connectivity index (χ1v) is 12.2. The van der Waals surface area contributed by atoms with Crippen molar-refractivity contribution in [3.8, 4) is 11.1 Å². The van der Waals surface area contributed by atoms with Gasteiger partial charge in [-0.15, -0.1) is 11.3 Å². The van der Waals surface area contributed by atoms with Gasteiger partial charge in [-0.05, 0) is 58.1 Å². The lowest BCUT2D eigenvalue weighted by Gasteiger charge is -2.12. The van der Waals surface area contributed by atoms with E-state index in [-0.39, 0.29) is 0 Å². The maximum atomic E-state index is 6.24. The molecule has 8 rings (SSSR count). The Morgan fingerprint density at radius 2 is 1.47 bits per heavy atom. The highest BCUT2D eigenvalue weighted by molar-refractivity contribution is 7.26. The molecule has 0 radical (unpaired) electrons. The van der Waals surface area contributed by atoms with E-state index in [0.29, 0.717) is 0 Å². The van der Waals surface area contributed by atoms with Gasteiger partial charge in [0.05, 0.1) is 0 Å². The van der Waals surface area contributed by atoms with Crippen LogP contribution in [-0.2, 0) is 0 Å². The standard InChI is InChI=1S/C31H17NOS/c1-3-9-27-20(7-1)26-16-25-19(15-28(26)33-27)14-24(18-6-5-13-32-17-18)22-11-12-23-21-8-2-4-10-29(21)34-31(23)30(22)25/h1-17H. The van der Waals surface area contributed by atoms with Gasteiger partial charge in [0.2, 0.25) is 0 Å². The van der Waals surface area contributed by atoms with Crippen molar-refractivity contribution in [2.75, 3.05) is 0 Å². The molecule has 0 amide bonds. The summed E-state index contributed by atoms with van der Waals surface area (Å²) in [5.41, 5.74) is 4.18. The average Bonchev–Trinajstić information content (AvgIpc) is 3.45. The Labute approximate surface area is 198 Å². The molecular weight excluding hydrogens is 434 g/mol. The molecule has 3 aromatic heterocycles. The molecule has 3 heteroatoms. The topological polar surface area (TPSA) is 26.0 Å². The number of fused-ring (bicyclic) bond motifs is 10. The maximum Gasteiger partial charge on any atom is 0.136 e. The molecule has 5 aromatic carbocycles. The Balaban J connectivity index is 1.64. The summed E-state index contributed by atoms with van der Waals surface area (Å²) in [6.07, 6.45) is 3.78. The van der Waals surface area contributed by atoms with Crippen LogP contribution in [0.3, 0.4) is 0 Å². The molecule has 0 N–H and O–H groups in total. The van der Waals surface area contributed by atoms with E-state index in [1.807, 2.05) is 41.9 Å². The zero-order valence-electron chi connectivity index (χ0n) is 18.1. The van der Waals surface area contributed by atoms with E-state index in [9.17, 15) is 0 Å². The predicted molar refractivity (Wildman–Crippen MR) is 145 cm³/mol. The van der Waals surface area contributed by atoms with Crippen molar-refractivity contribution < 1.29 is 4.42 Å². The number of aromatic nitrogens is 1. The van der Waals surface area contributed by atoms with Gasteiger partial charge in [0.1, 0.15) is 11.2 Å². The van der Waals surface area contributed by atoms with Gasteiger partial charge in [-0.2, -0.15) is 0 Å². The average molecular weight is 452 g/mol. The normalized spacial score (nSPS) is 12.1. The quantitative estimate of drug-likeness (QED) is 0.232. The second-order valence-corrected chi connectivity index (χ2v) is 9.85. The molecule has 34 heavy (non-hydrogen) atoms. The lowest BCUT2D eigenvalue weighted by molar-refractivity contribution is 0.669. The molecule has 0 bridgehead atoms. The first kappa shape index (κ1) is 18.2. The van der Waals surface area contributed by atoms with Crippen LogP contribution in [0.25, 0.3) is 74.8 Å². The van der Waals surface area contributed by atoms with Crippen LogP contribution < -0.4 is 0 Å². The van der Waals surface area contributed by atoms with Crippen LogP contribution in [0.2, 0.25) is 0 Å². The van der Waals surface area contributed by atoms with Crippen LogP contribution in [0, 0.1) is 0 Å². The smallest absolute Gasteiger partial charge is 0.136 e. The van der Waals surface area contributed by atoms with Gasteiger partial charge in [-0.1, -0.05) is 54.6 Å². The number of thiophene rings is 1. The number of pyridine rings is 1. The van der Waals surface area contributed by atoms with Gasteiger partial charge in [0.15, 0.2) is 0 Å². The van der Waals surface area contributed by atoms with Crippen molar-refractivity contribution in [3.05, 3.63) is 103 Å². The fourth-order valence-electron chi connectivity index (χ4n) is 5.40. The summed E-state index contributed by atoms with van der Waals surface area (Å²) in [4.78, 5) is 4.41. The minimum absolute atomic E-state index is 0.925. The van der Waals surface area contributed by atoms with Crippen molar-refractivity contribution in [3.63, 3.8) is 0 Å². The van der Waals surface area contributed by atoms with Gasteiger partial charge in [0, 0.05) is 54.3 Å². The first-order valence-electron chi connectivity index (χ1n) is 11.4. The van der Waals surface area contributed by atoms with Gasteiger partial charge in [-0.25, -0.2) is 0 Å². The summed E-state index contributed by atoms with van der Waals surface area (Å²) >= 11 is 1.88. The van der Waals surface area contributed by atoms with E-state index >= 15 is 0 Å². The zero-order valence-corrected chi connectivity index (χ0v) is 18.9. The van der Waals surface area contributed by atoms with Crippen LogP contribution >= 0.6 is 11.3 Å². The molecular formula is C31H17NOS. The summed E-state index contributed by atoms with van der Waals surface area (Å²) < 4.78 is 8.90. The molecule has 0 unspecified atom stereocenters. The molecule has 2 nitrogen and oxygen atoms in total. The lowest BCUT2D eigenvalue weighted by Crippen LogP contribution is -1.86. The lowest BCUT2D eigenvalue weighted by atomic mass is 9.92. The second kappa shape index (κ2) is 6.66. The molecule has 0 aliphatic heterocycles. The Bertz CT molecular complexity index is 2060. The fourth-order valence-corrected chi connectivity index (χ4v) is 6.66. The minimum atomic E-state index is 0.925. The summed E-state index contributed by atoms with van der Waals surface area (Å²) in [6, 6.07) is 32.6. The third-order valence-electron chi connectivity index (χ3n) is 6.93. The zero-order chi connectivity index (χ0) is 22.2. The van der Waals surface area contributed by atoms with E-state index in [1.165, 1.54) is 47.3 Å². The van der Waals surface area contributed by atoms with Crippen LogP contribution in [0.4, 0.5) is 0 Å². The Hall–Kier alpha value is -4.21. The highest BCUT2D eigenvalue weighted by Gasteiger charge is 2.17. The minimum Gasteiger partial charge on any atom is -0.456 e. The second-order valence-electron chi connectivity index (χ2n) is 8.80. The number of nitrogens with zero attached hydrogens (tertiary/aromatic N) is 1. The van der Waals surface area contributed by atoms with E-state index < -0.39 is 0 Å². The predicted octanol–water partition coefficient (Wildman–Crippen LogP) is 9.32. The third kappa shape index (κ3) is 2.42. The van der Waals surface area contributed by atoms with E-state index in [4.69, 9.17) is 4.42 Å². The van der Waals surface area contributed by atoms with Crippen LogP contribution in [0.5, 0.6) is 0 Å². The molecule has 0 fully saturated rings. The summed E-state index contributed by atoms with van der Waals surface area (Å²) in [5, 5.41) is 9.97. The largest absolute Gasteiger partial charge is 0.456 e. The Kier molecular flexibility index (Phi) is 3.57. The Morgan fingerprint density at radius 3 is 2.38 bits per heavy atom. The van der Waals surface area contributed by atoms with Gasteiger partial charge in [0.25, 0.3) is 0 Å². The number of para-hydroxylation sites is 1. The number of benzene rings is 5. The molecule has 0 saturated heterocycles. The van der Waals surface area contributed by atoms with Crippen molar-refractivity contribution in [2.45, 2.75) is 0 Å². The van der Waals surface area contributed by atoms with E-state index in [0.717, 1.165) is 27.5 Å². The number of hydrogen-bond acceptors (Lipinski definition) is 3. The monoisotopic (exact) mass is 451 g/mol. The fraction of sp³-hybridized carbons (Fsp3) is 0. The maximum absolute atomic E-state index is 6.24. The highest BCUT2D eigenvalue weighted by atomic mass is 32.1. The summed E-state index contributed by atoms with van der Waals surface area (Å²) in [6.45, 7) is 0. The number of furan rings is 1. The summed E-state index contributed by atoms with van der Waals surface area (Å²) in [5.74, 6) is 0. The van der Waals surface area contributed by atoms with Crippen molar-refractivity contribution in [1.82, 2.24) is 4.98 Å². The molecule has 8 aromatic rings. The van der Waals surface area contributed by atoms with Gasteiger partial charge in [-0.3, -0.25) is 4.98 Å².